The minimum absolute atomic E-state index is 0.177. The molecule has 1 saturated carbocycles. The molecule has 1 fully saturated rings. The Morgan fingerprint density at radius 2 is 2.19 bits per heavy atom. The van der Waals surface area contributed by atoms with Gasteiger partial charge in [-0.05, 0) is 65.6 Å². The van der Waals surface area contributed by atoms with Gasteiger partial charge >= 0.3 is 0 Å². The Morgan fingerprint density at radius 1 is 1.44 bits per heavy atom. The van der Waals surface area contributed by atoms with E-state index in [9.17, 15) is 4.39 Å². The molecule has 0 heterocycles. The first-order chi connectivity index (χ1) is 7.68. The highest BCUT2D eigenvalue weighted by molar-refractivity contribution is 9.10. The molecule has 1 nitrogen and oxygen atoms in total. The van der Waals surface area contributed by atoms with Crippen LogP contribution in [0.4, 0.5) is 4.39 Å². The first kappa shape index (κ1) is 12.1. The molecule has 0 aliphatic heterocycles. The van der Waals surface area contributed by atoms with E-state index >= 15 is 0 Å². The maximum atomic E-state index is 13.2. The fourth-order valence-corrected chi connectivity index (χ4v) is 2.49. The number of hydrogen-bond acceptors (Lipinski definition) is 1. The van der Waals surface area contributed by atoms with Crippen LogP contribution in [0.3, 0.4) is 0 Å². The molecular formula is C13H17BrFN. The smallest absolute Gasteiger partial charge is 0.137 e. The van der Waals surface area contributed by atoms with E-state index in [0.29, 0.717) is 10.5 Å². The van der Waals surface area contributed by atoms with Gasteiger partial charge in [0.25, 0.3) is 0 Å². The highest BCUT2D eigenvalue weighted by atomic mass is 79.9. The summed E-state index contributed by atoms with van der Waals surface area (Å²) in [7, 11) is 0. The van der Waals surface area contributed by atoms with Crippen LogP contribution in [0.2, 0.25) is 0 Å². The minimum atomic E-state index is -0.177. The van der Waals surface area contributed by atoms with Crippen LogP contribution in [0.15, 0.2) is 22.7 Å². The van der Waals surface area contributed by atoms with Gasteiger partial charge in [0, 0.05) is 6.04 Å². The van der Waals surface area contributed by atoms with E-state index in [-0.39, 0.29) is 5.82 Å². The first-order valence-corrected chi connectivity index (χ1v) is 6.66. The van der Waals surface area contributed by atoms with Gasteiger partial charge in [-0.25, -0.2) is 4.39 Å². The zero-order valence-corrected chi connectivity index (χ0v) is 10.8. The molecule has 0 radical (unpaired) electrons. The van der Waals surface area contributed by atoms with Crippen LogP contribution in [0.5, 0.6) is 0 Å². The van der Waals surface area contributed by atoms with Crippen molar-refractivity contribution in [1.82, 2.24) is 0 Å². The fourth-order valence-electron chi connectivity index (χ4n) is 2.03. The lowest BCUT2D eigenvalue weighted by molar-refractivity contribution is 0.527. The summed E-state index contributed by atoms with van der Waals surface area (Å²) in [6.45, 7) is 0. The second-order valence-electron chi connectivity index (χ2n) is 4.61. The van der Waals surface area contributed by atoms with Gasteiger partial charge in [-0.1, -0.05) is 12.1 Å². The van der Waals surface area contributed by atoms with Crippen LogP contribution in [0.1, 0.15) is 31.2 Å². The first-order valence-electron chi connectivity index (χ1n) is 5.87. The largest absolute Gasteiger partial charge is 0.327 e. The second kappa shape index (κ2) is 5.28. The van der Waals surface area contributed by atoms with Crippen molar-refractivity contribution >= 4 is 15.9 Å². The van der Waals surface area contributed by atoms with Gasteiger partial charge in [-0.15, -0.1) is 0 Å². The molecule has 16 heavy (non-hydrogen) atoms. The third kappa shape index (κ3) is 3.05. The maximum absolute atomic E-state index is 13.2. The van der Waals surface area contributed by atoms with Crippen molar-refractivity contribution in [1.29, 1.82) is 0 Å². The van der Waals surface area contributed by atoms with Gasteiger partial charge in [0.15, 0.2) is 0 Å². The van der Waals surface area contributed by atoms with E-state index in [4.69, 9.17) is 5.73 Å². The van der Waals surface area contributed by atoms with Crippen LogP contribution in [0.25, 0.3) is 0 Å². The van der Waals surface area contributed by atoms with Crippen molar-refractivity contribution in [3.05, 3.63) is 34.1 Å². The van der Waals surface area contributed by atoms with E-state index in [1.54, 1.807) is 6.07 Å². The van der Waals surface area contributed by atoms with Crippen LogP contribution < -0.4 is 5.73 Å². The quantitative estimate of drug-likeness (QED) is 0.878. The van der Waals surface area contributed by atoms with Crippen molar-refractivity contribution < 1.29 is 4.39 Å². The van der Waals surface area contributed by atoms with Crippen LogP contribution >= 0.6 is 15.9 Å². The lowest BCUT2D eigenvalue weighted by Crippen LogP contribution is -2.22. The molecule has 0 bridgehead atoms. The Hall–Kier alpha value is -0.410. The highest BCUT2D eigenvalue weighted by Crippen LogP contribution is 2.33. The Balaban J connectivity index is 1.82. The summed E-state index contributed by atoms with van der Waals surface area (Å²) in [4.78, 5) is 0. The Morgan fingerprint density at radius 3 is 2.88 bits per heavy atom. The molecule has 1 aromatic rings. The number of halogens is 2. The average molecular weight is 286 g/mol. The van der Waals surface area contributed by atoms with E-state index in [2.05, 4.69) is 15.9 Å². The molecule has 0 saturated heterocycles. The highest BCUT2D eigenvalue weighted by Gasteiger charge is 2.27. The average Bonchev–Trinajstić information content (AvgIpc) is 3.07. The fraction of sp³-hybridized carbons (Fsp3) is 0.538. The normalized spacial score (nSPS) is 17.4. The van der Waals surface area contributed by atoms with Crippen LogP contribution in [0, 0.1) is 11.7 Å². The Kier molecular flexibility index (Phi) is 3.98. The Bertz CT molecular complexity index is 363. The third-order valence-electron chi connectivity index (χ3n) is 3.24. The Labute approximate surface area is 104 Å². The zero-order valence-electron chi connectivity index (χ0n) is 9.26. The molecule has 0 aromatic heterocycles. The summed E-state index contributed by atoms with van der Waals surface area (Å²) in [5, 5.41) is 0. The molecule has 1 atom stereocenters. The predicted molar refractivity (Wildman–Crippen MR) is 67.7 cm³/mol. The van der Waals surface area contributed by atoms with Crippen molar-refractivity contribution in [2.45, 2.75) is 38.1 Å². The summed E-state index contributed by atoms with van der Waals surface area (Å²) in [6.07, 6.45) is 5.59. The minimum Gasteiger partial charge on any atom is -0.327 e. The SMILES string of the molecule is NC(CCCc1cccc(F)c1Br)C1CC1. The predicted octanol–water partition coefficient (Wildman–Crippen LogP) is 3.65. The number of aryl methyl sites for hydroxylation is 1. The number of nitrogens with two attached hydrogens (primary N) is 1. The van der Waals surface area contributed by atoms with Gasteiger partial charge in [0.2, 0.25) is 0 Å². The maximum Gasteiger partial charge on any atom is 0.137 e. The number of rotatable bonds is 5. The van der Waals surface area contributed by atoms with Crippen molar-refractivity contribution in [3.8, 4) is 0 Å². The molecule has 0 spiro atoms. The van der Waals surface area contributed by atoms with Gasteiger partial charge in [0.1, 0.15) is 5.82 Å². The van der Waals surface area contributed by atoms with Crippen molar-refractivity contribution in [3.63, 3.8) is 0 Å². The van der Waals surface area contributed by atoms with Gasteiger partial charge in [-0.3, -0.25) is 0 Å². The van der Waals surface area contributed by atoms with Crippen molar-refractivity contribution in [2.75, 3.05) is 0 Å². The summed E-state index contributed by atoms with van der Waals surface area (Å²) in [5.41, 5.74) is 7.07. The van der Waals surface area contributed by atoms with Gasteiger partial charge < -0.3 is 5.73 Å². The molecule has 1 aliphatic carbocycles. The van der Waals surface area contributed by atoms with Crippen LogP contribution in [-0.2, 0) is 6.42 Å². The monoisotopic (exact) mass is 285 g/mol. The summed E-state index contributed by atoms with van der Waals surface area (Å²) < 4.78 is 13.8. The molecule has 1 aromatic carbocycles. The zero-order chi connectivity index (χ0) is 11.5. The van der Waals surface area contributed by atoms with Gasteiger partial charge in [-0.2, -0.15) is 0 Å². The second-order valence-corrected chi connectivity index (χ2v) is 5.40. The topological polar surface area (TPSA) is 26.0 Å². The molecule has 2 rings (SSSR count). The van der Waals surface area contributed by atoms with E-state index < -0.39 is 0 Å². The third-order valence-corrected chi connectivity index (χ3v) is 4.13. The standard InChI is InChI=1S/C13H17BrFN/c14-13-10(3-1-5-11(13)15)4-2-6-12(16)9-7-8-9/h1,3,5,9,12H,2,4,6-8,16H2. The summed E-state index contributed by atoms with van der Waals surface area (Å²) in [6, 6.07) is 5.56. The molecule has 88 valence electrons. The van der Waals surface area contributed by atoms with Crippen molar-refractivity contribution in [2.24, 2.45) is 11.7 Å². The number of benzene rings is 1. The molecule has 0 amide bonds. The van der Waals surface area contributed by atoms with E-state index in [1.165, 1.54) is 18.9 Å². The van der Waals surface area contributed by atoms with E-state index in [1.807, 2.05) is 6.07 Å². The lowest BCUT2D eigenvalue weighted by atomic mass is 10.0. The molecule has 2 N–H and O–H groups in total. The number of hydrogen-bond donors (Lipinski definition) is 1. The summed E-state index contributed by atoms with van der Waals surface area (Å²) in [5.74, 6) is 0.583. The molecule has 1 unspecified atom stereocenters. The van der Waals surface area contributed by atoms with E-state index in [0.717, 1.165) is 30.7 Å². The molecule has 1 aliphatic rings. The summed E-state index contributed by atoms with van der Waals surface area (Å²) >= 11 is 3.28. The van der Waals surface area contributed by atoms with Crippen LogP contribution in [-0.4, -0.2) is 6.04 Å². The van der Waals surface area contributed by atoms with Gasteiger partial charge in [0.05, 0.1) is 4.47 Å². The molecular weight excluding hydrogens is 269 g/mol. The molecule has 3 heteroatoms. The lowest BCUT2D eigenvalue weighted by Gasteiger charge is -2.10.